The Morgan fingerprint density at radius 2 is 2.38 bits per heavy atom. The van der Waals surface area contributed by atoms with Crippen LogP contribution in [0.1, 0.15) is 6.92 Å². The van der Waals surface area contributed by atoms with Crippen LogP contribution in [0.25, 0.3) is 5.65 Å². The van der Waals surface area contributed by atoms with Gasteiger partial charge >= 0.3 is 0 Å². The zero-order valence-corrected chi connectivity index (χ0v) is 8.89. The molecule has 16 heavy (non-hydrogen) atoms. The summed E-state index contributed by atoms with van der Waals surface area (Å²) in [6.45, 7) is 2.59. The van der Waals surface area contributed by atoms with E-state index in [9.17, 15) is 4.39 Å². The molecule has 0 aliphatic rings. The van der Waals surface area contributed by atoms with Crippen molar-refractivity contribution in [3.05, 3.63) is 24.1 Å². The first kappa shape index (κ1) is 10.8. The number of nitrogens with zero attached hydrogens (tertiary/aromatic N) is 3. The molecule has 0 aromatic carbocycles. The average molecular weight is 224 g/mol. The monoisotopic (exact) mass is 224 g/mol. The number of hydrogen-bond donors (Lipinski definition) is 2. The molecule has 2 aromatic rings. The fraction of sp³-hybridized carbons (Fsp3) is 0.400. The van der Waals surface area contributed by atoms with Crippen LogP contribution in [0.2, 0.25) is 0 Å². The summed E-state index contributed by atoms with van der Waals surface area (Å²) in [7, 11) is 0. The third-order valence-corrected chi connectivity index (χ3v) is 2.22. The molecule has 1 atom stereocenters. The van der Waals surface area contributed by atoms with Gasteiger partial charge in [0, 0.05) is 13.2 Å². The van der Waals surface area contributed by atoms with E-state index >= 15 is 0 Å². The summed E-state index contributed by atoms with van der Waals surface area (Å²) in [5, 5.41) is 15.9. The molecule has 0 radical (unpaired) electrons. The van der Waals surface area contributed by atoms with Gasteiger partial charge in [-0.1, -0.05) is 6.92 Å². The van der Waals surface area contributed by atoms with Crippen molar-refractivity contribution in [3.63, 3.8) is 0 Å². The number of hydrogen-bond acceptors (Lipinski definition) is 4. The number of fused-ring (bicyclic) bond motifs is 1. The van der Waals surface area contributed by atoms with E-state index in [0.29, 0.717) is 18.1 Å². The molecule has 0 aliphatic heterocycles. The molecule has 86 valence electrons. The lowest BCUT2D eigenvalue weighted by atomic mass is 10.2. The molecule has 2 N–H and O–H groups in total. The minimum atomic E-state index is -0.354. The summed E-state index contributed by atoms with van der Waals surface area (Å²) in [4.78, 5) is 4.15. The van der Waals surface area contributed by atoms with Crippen molar-refractivity contribution < 1.29 is 9.50 Å². The molecule has 5 nitrogen and oxygen atoms in total. The molecule has 1 unspecified atom stereocenters. The van der Waals surface area contributed by atoms with Crippen molar-refractivity contribution in [2.24, 2.45) is 5.92 Å². The van der Waals surface area contributed by atoms with E-state index < -0.39 is 0 Å². The van der Waals surface area contributed by atoms with Gasteiger partial charge in [-0.05, 0) is 18.1 Å². The van der Waals surface area contributed by atoms with Gasteiger partial charge in [-0.25, -0.2) is 8.91 Å². The molecule has 2 heterocycles. The second-order valence-electron chi connectivity index (χ2n) is 3.75. The van der Waals surface area contributed by atoms with E-state index in [0.717, 1.165) is 0 Å². The lowest BCUT2D eigenvalue weighted by molar-refractivity contribution is 0.244. The van der Waals surface area contributed by atoms with Crippen molar-refractivity contribution in [1.82, 2.24) is 14.6 Å². The Balaban J connectivity index is 2.13. The van der Waals surface area contributed by atoms with Crippen molar-refractivity contribution in [2.75, 3.05) is 18.5 Å². The van der Waals surface area contributed by atoms with Gasteiger partial charge in [0.05, 0.1) is 6.20 Å². The van der Waals surface area contributed by atoms with Crippen molar-refractivity contribution in [2.45, 2.75) is 6.92 Å². The largest absolute Gasteiger partial charge is 0.396 e. The number of rotatable bonds is 4. The highest BCUT2D eigenvalue weighted by atomic mass is 19.1. The summed E-state index contributed by atoms with van der Waals surface area (Å²) < 4.78 is 14.2. The van der Waals surface area contributed by atoms with E-state index in [2.05, 4.69) is 15.4 Å². The Morgan fingerprint density at radius 3 is 3.12 bits per heavy atom. The maximum atomic E-state index is 12.9. The van der Waals surface area contributed by atoms with Crippen LogP contribution in [-0.2, 0) is 0 Å². The normalized spacial score (nSPS) is 12.9. The predicted molar refractivity (Wildman–Crippen MR) is 57.7 cm³/mol. The van der Waals surface area contributed by atoms with Crippen molar-refractivity contribution in [1.29, 1.82) is 0 Å². The minimum Gasteiger partial charge on any atom is -0.396 e. The van der Waals surface area contributed by atoms with Crippen LogP contribution in [0, 0.1) is 11.7 Å². The predicted octanol–water partition coefficient (Wildman–Crippen LogP) is 0.909. The molecule has 0 aliphatic carbocycles. The third-order valence-electron chi connectivity index (χ3n) is 2.22. The van der Waals surface area contributed by atoms with Crippen LogP contribution in [0.15, 0.2) is 18.3 Å². The molecule has 0 saturated carbocycles. The Hall–Kier alpha value is -1.69. The van der Waals surface area contributed by atoms with E-state index in [1.165, 1.54) is 16.8 Å². The van der Waals surface area contributed by atoms with Crippen LogP contribution in [-0.4, -0.2) is 32.9 Å². The molecule has 6 heteroatoms. The van der Waals surface area contributed by atoms with E-state index in [-0.39, 0.29) is 18.3 Å². The maximum Gasteiger partial charge on any atom is 0.243 e. The number of halogens is 1. The Bertz CT molecular complexity index is 485. The average Bonchev–Trinajstić information content (AvgIpc) is 2.67. The number of aliphatic hydroxyl groups is 1. The third kappa shape index (κ3) is 2.27. The Labute approximate surface area is 91.9 Å². The Morgan fingerprint density at radius 1 is 1.56 bits per heavy atom. The standard InChI is InChI=1S/C10H13FN4O/c1-7(6-16)4-12-10-13-9-3-2-8(11)5-15(9)14-10/h2-3,5,7,16H,4,6H2,1H3,(H,12,14). The second kappa shape index (κ2) is 4.44. The lowest BCUT2D eigenvalue weighted by Crippen LogP contribution is -2.15. The quantitative estimate of drug-likeness (QED) is 0.810. The SMILES string of the molecule is CC(CO)CNc1nc2ccc(F)cn2n1. The van der Waals surface area contributed by atoms with Gasteiger partial charge in [0.2, 0.25) is 5.95 Å². The number of nitrogens with one attached hydrogen (secondary N) is 1. The number of pyridine rings is 1. The highest BCUT2D eigenvalue weighted by Gasteiger charge is 2.05. The summed E-state index contributed by atoms with van der Waals surface area (Å²) in [5.41, 5.74) is 0.584. The van der Waals surface area contributed by atoms with Gasteiger partial charge in [0.25, 0.3) is 0 Å². The molecule has 2 rings (SSSR count). The molecule has 0 amide bonds. The molecule has 0 saturated heterocycles. The summed E-state index contributed by atoms with van der Waals surface area (Å²) in [5.74, 6) is 0.210. The molecular weight excluding hydrogens is 211 g/mol. The highest BCUT2D eigenvalue weighted by molar-refractivity contribution is 5.42. The summed E-state index contributed by atoms with van der Waals surface area (Å²) >= 11 is 0. The van der Waals surface area contributed by atoms with Crippen LogP contribution >= 0.6 is 0 Å². The molecular formula is C10H13FN4O. The summed E-state index contributed by atoms with van der Waals surface area (Å²) in [6.07, 6.45) is 1.27. The van der Waals surface area contributed by atoms with Crippen molar-refractivity contribution >= 4 is 11.6 Å². The van der Waals surface area contributed by atoms with Crippen LogP contribution in [0.5, 0.6) is 0 Å². The van der Waals surface area contributed by atoms with Gasteiger partial charge < -0.3 is 10.4 Å². The van der Waals surface area contributed by atoms with Crippen LogP contribution < -0.4 is 5.32 Å². The van der Waals surface area contributed by atoms with Crippen LogP contribution in [0.3, 0.4) is 0 Å². The fourth-order valence-electron chi connectivity index (χ4n) is 1.26. The van der Waals surface area contributed by atoms with Crippen molar-refractivity contribution in [3.8, 4) is 0 Å². The first-order chi connectivity index (χ1) is 7.69. The van der Waals surface area contributed by atoms with E-state index in [4.69, 9.17) is 5.11 Å². The first-order valence-corrected chi connectivity index (χ1v) is 5.05. The topological polar surface area (TPSA) is 62.5 Å². The minimum absolute atomic E-state index is 0.106. The fourth-order valence-corrected chi connectivity index (χ4v) is 1.26. The van der Waals surface area contributed by atoms with Gasteiger partial charge in [0.15, 0.2) is 5.65 Å². The Kier molecular flexibility index (Phi) is 3.00. The van der Waals surface area contributed by atoms with Gasteiger partial charge in [-0.3, -0.25) is 0 Å². The van der Waals surface area contributed by atoms with Crippen LogP contribution in [0.4, 0.5) is 10.3 Å². The number of anilines is 1. The molecule has 0 bridgehead atoms. The summed E-state index contributed by atoms with van der Waals surface area (Å²) in [6, 6.07) is 2.90. The number of aliphatic hydroxyl groups excluding tert-OH is 1. The first-order valence-electron chi connectivity index (χ1n) is 5.05. The van der Waals surface area contributed by atoms with E-state index in [1.807, 2.05) is 6.92 Å². The second-order valence-corrected chi connectivity index (χ2v) is 3.75. The lowest BCUT2D eigenvalue weighted by Gasteiger charge is -2.06. The van der Waals surface area contributed by atoms with Gasteiger partial charge in [-0.15, -0.1) is 5.10 Å². The van der Waals surface area contributed by atoms with Gasteiger partial charge in [-0.2, -0.15) is 4.98 Å². The highest BCUT2D eigenvalue weighted by Crippen LogP contribution is 2.07. The van der Waals surface area contributed by atoms with E-state index in [1.54, 1.807) is 6.07 Å². The molecule has 0 fully saturated rings. The smallest absolute Gasteiger partial charge is 0.243 e. The maximum absolute atomic E-state index is 12.9. The zero-order valence-electron chi connectivity index (χ0n) is 8.89. The molecule has 0 spiro atoms. The zero-order chi connectivity index (χ0) is 11.5. The number of aromatic nitrogens is 3. The molecule has 2 aromatic heterocycles. The van der Waals surface area contributed by atoms with Gasteiger partial charge in [0.1, 0.15) is 5.82 Å².